The first-order valence-electron chi connectivity index (χ1n) is 7.61. The highest BCUT2D eigenvalue weighted by Gasteiger charge is 2.14. The van der Waals surface area contributed by atoms with Crippen molar-refractivity contribution in [1.82, 2.24) is 10.6 Å². The van der Waals surface area contributed by atoms with Crippen molar-refractivity contribution < 1.29 is 8.78 Å². The van der Waals surface area contributed by atoms with Crippen LogP contribution in [0, 0.1) is 11.6 Å². The molecule has 1 aliphatic carbocycles. The van der Waals surface area contributed by atoms with Crippen LogP contribution in [0.4, 0.5) is 8.78 Å². The number of nitrogens with one attached hydrogen (secondary N) is 2. The number of aliphatic imine (C=N–C) groups is 1. The maximum atomic E-state index is 13.5. The number of hydrogen-bond acceptors (Lipinski definition) is 1. The van der Waals surface area contributed by atoms with Gasteiger partial charge < -0.3 is 10.6 Å². The van der Waals surface area contributed by atoms with Gasteiger partial charge in [0.1, 0.15) is 11.6 Å². The number of nitrogens with zero attached hydrogens (tertiary/aromatic N) is 1. The van der Waals surface area contributed by atoms with E-state index in [4.69, 9.17) is 0 Å². The molecule has 124 valence electrons. The van der Waals surface area contributed by atoms with Gasteiger partial charge in [0, 0.05) is 25.2 Å². The van der Waals surface area contributed by atoms with Gasteiger partial charge in [-0.05, 0) is 31.4 Å². The van der Waals surface area contributed by atoms with Crippen molar-refractivity contribution in [1.29, 1.82) is 0 Å². The minimum absolute atomic E-state index is 0. The van der Waals surface area contributed by atoms with Crippen molar-refractivity contribution in [2.75, 3.05) is 13.6 Å². The van der Waals surface area contributed by atoms with Crippen LogP contribution in [0.5, 0.6) is 0 Å². The maximum Gasteiger partial charge on any atom is 0.191 e. The van der Waals surface area contributed by atoms with Crippen molar-refractivity contribution >= 4 is 29.9 Å². The first-order chi connectivity index (χ1) is 10.2. The highest BCUT2D eigenvalue weighted by Crippen LogP contribution is 2.17. The van der Waals surface area contributed by atoms with E-state index in [2.05, 4.69) is 15.6 Å². The Balaban J connectivity index is 0.00000242. The smallest absolute Gasteiger partial charge is 0.191 e. The second-order valence-corrected chi connectivity index (χ2v) is 5.43. The molecule has 1 fully saturated rings. The summed E-state index contributed by atoms with van der Waals surface area (Å²) < 4.78 is 27.0. The van der Waals surface area contributed by atoms with Crippen LogP contribution >= 0.6 is 24.0 Å². The monoisotopic (exact) mass is 423 g/mol. The summed E-state index contributed by atoms with van der Waals surface area (Å²) in [5.74, 6) is -0.280. The van der Waals surface area contributed by atoms with Gasteiger partial charge in [-0.25, -0.2) is 8.78 Å². The van der Waals surface area contributed by atoms with Crippen LogP contribution in [0.15, 0.2) is 23.2 Å². The van der Waals surface area contributed by atoms with Gasteiger partial charge in [-0.1, -0.05) is 25.3 Å². The van der Waals surface area contributed by atoms with Crippen LogP contribution in [0.2, 0.25) is 0 Å². The van der Waals surface area contributed by atoms with E-state index in [1.54, 1.807) is 7.05 Å². The fourth-order valence-electron chi connectivity index (χ4n) is 2.71. The number of benzene rings is 1. The third kappa shape index (κ3) is 5.70. The van der Waals surface area contributed by atoms with E-state index in [1.165, 1.54) is 37.5 Å². The molecule has 0 aliphatic heterocycles. The van der Waals surface area contributed by atoms with E-state index in [1.807, 2.05) is 0 Å². The molecule has 0 atom stereocenters. The van der Waals surface area contributed by atoms with Crippen molar-refractivity contribution in [3.63, 3.8) is 0 Å². The Labute approximate surface area is 148 Å². The van der Waals surface area contributed by atoms with Crippen LogP contribution in [0.1, 0.15) is 37.7 Å². The molecule has 0 unspecified atom stereocenters. The first kappa shape index (κ1) is 19.1. The predicted molar refractivity (Wildman–Crippen MR) is 96.8 cm³/mol. The third-order valence-electron chi connectivity index (χ3n) is 3.90. The van der Waals surface area contributed by atoms with Crippen molar-refractivity contribution in [3.05, 3.63) is 35.4 Å². The second-order valence-electron chi connectivity index (χ2n) is 5.43. The number of hydrogen-bond donors (Lipinski definition) is 2. The molecule has 0 amide bonds. The van der Waals surface area contributed by atoms with Crippen molar-refractivity contribution in [3.8, 4) is 0 Å². The molecule has 1 aromatic carbocycles. The molecule has 0 bridgehead atoms. The van der Waals surface area contributed by atoms with Gasteiger partial charge in [0.05, 0.1) is 0 Å². The SMILES string of the molecule is CN=C(NCCc1c(F)cccc1F)NC1CCCCC1.I. The Kier molecular flexibility index (Phi) is 8.67. The van der Waals surface area contributed by atoms with Gasteiger partial charge in [-0.15, -0.1) is 24.0 Å². The molecule has 1 saturated carbocycles. The zero-order chi connectivity index (χ0) is 15.1. The van der Waals surface area contributed by atoms with E-state index >= 15 is 0 Å². The molecule has 3 nitrogen and oxygen atoms in total. The lowest BCUT2D eigenvalue weighted by molar-refractivity contribution is 0.410. The van der Waals surface area contributed by atoms with Gasteiger partial charge in [-0.2, -0.15) is 0 Å². The average Bonchev–Trinajstić information content (AvgIpc) is 2.50. The highest BCUT2D eigenvalue weighted by molar-refractivity contribution is 14.0. The van der Waals surface area contributed by atoms with E-state index < -0.39 is 11.6 Å². The minimum Gasteiger partial charge on any atom is -0.356 e. The highest BCUT2D eigenvalue weighted by atomic mass is 127. The lowest BCUT2D eigenvalue weighted by Gasteiger charge is -2.24. The van der Waals surface area contributed by atoms with Crippen LogP contribution in [-0.2, 0) is 6.42 Å². The molecular formula is C16H24F2IN3. The van der Waals surface area contributed by atoms with Crippen LogP contribution < -0.4 is 10.6 Å². The predicted octanol–water partition coefficient (Wildman–Crippen LogP) is 3.62. The zero-order valence-electron chi connectivity index (χ0n) is 12.9. The largest absolute Gasteiger partial charge is 0.356 e. The summed E-state index contributed by atoms with van der Waals surface area (Å²) >= 11 is 0. The maximum absolute atomic E-state index is 13.5. The molecule has 1 aromatic rings. The Hall–Kier alpha value is -0.920. The van der Waals surface area contributed by atoms with Crippen molar-refractivity contribution in [2.45, 2.75) is 44.6 Å². The number of rotatable bonds is 4. The third-order valence-corrected chi connectivity index (χ3v) is 3.90. The van der Waals surface area contributed by atoms with Crippen LogP contribution in [0.25, 0.3) is 0 Å². The Morgan fingerprint density at radius 3 is 2.41 bits per heavy atom. The zero-order valence-corrected chi connectivity index (χ0v) is 15.2. The average molecular weight is 423 g/mol. The van der Waals surface area contributed by atoms with Crippen LogP contribution in [0.3, 0.4) is 0 Å². The normalized spacial score (nSPS) is 16.0. The molecule has 22 heavy (non-hydrogen) atoms. The molecule has 2 rings (SSSR count). The molecule has 2 N–H and O–H groups in total. The lowest BCUT2D eigenvalue weighted by atomic mass is 9.96. The van der Waals surface area contributed by atoms with Crippen molar-refractivity contribution in [2.24, 2.45) is 4.99 Å². The molecular weight excluding hydrogens is 399 g/mol. The standard InChI is InChI=1S/C16H23F2N3.HI/c1-19-16(21-12-6-3-2-4-7-12)20-11-10-13-14(17)8-5-9-15(13)18;/h5,8-9,12H,2-4,6-7,10-11H2,1H3,(H2,19,20,21);1H. The van der Waals surface area contributed by atoms with Gasteiger partial charge in [0.2, 0.25) is 0 Å². The summed E-state index contributed by atoms with van der Waals surface area (Å²) in [4.78, 5) is 4.17. The Morgan fingerprint density at radius 1 is 1.18 bits per heavy atom. The lowest BCUT2D eigenvalue weighted by Crippen LogP contribution is -2.44. The molecule has 0 spiro atoms. The van der Waals surface area contributed by atoms with E-state index in [0.717, 1.165) is 12.8 Å². The topological polar surface area (TPSA) is 36.4 Å². The van der Waals surface area contributed by atoms with E-state index in [-0.39, 0.29) is 29.5 Å². The fourth-order valence-corrected chi connectivity index (χ4v) is 2.71. The first-order valence-corrected chi connectivity index (χ1v) is 7.61. The molecule has 0 heterocycles. The quantitative estimate of drug-likeness (QED) is 0.441. The number of guanidine groups is 1. The fraction of sp³-hybridized carbons (Fsp3) is 0.562. The summed E-state index contributed by atoms with van der Waals surface area (Å²) in [5, 5.41) is 6.50. The van der Waals surface area contributed by atoms with Gasteiger partial charge in [0.25, 0.3) is 0 Å². The van der Waals surface area contributed by atoms with Gasteiger partial charge in [-0.3, -0.25) is 4.99 Å². The minimum atomic E-state index is -0.493. The summed E-state index contributed by atoms with van der Waals surface area (Å²) in [7, 11) is 1.71. The molecule has 0 radical (unpaired) electrons. The van der Waals surface area contributed by atoms with Gasteiger partial charge in [0.15, 0.2) is 5.96 Å². The Bertz CT molecular complexity index is 468. The summed E-state index contributed by atoms with van der Waals surface area (Å²) in [6.45, 7) is 0.449. The molecule has 1 aliphatic rings. The second kappa shape index (κ2) is 9.97. The van der Waals surface area contributed by atoms with Gasteiger partial charge >= 0.3 is 0 Å². The summed E-state index contributed by atoms with van der Waals surface area (Å²) in [5.41, 5.74) is 0.123. The Morgan fingerprint density at radius 2 is 1.82 bits per heavy atom. The molecule has 0 saturated heterocycles. The molecule has 6 heteroatoms. The van der Waals surface area contributed by atoms with Crippen LogP contribution in [-0.4, -0.2) is 25.6 Å². The number of halogens is 3. The summed E-state index contributed by atoms with van der Waals surface area (Å²) in [6, 6.07) is 4.40. The summed E-state index contributed by atoms with van der Waals surface area (Å²) in [6.07, 6.45) is 6.40. The molecule has 0 aromatic heterocycles. The van der Waals surface area contributed by atoms with E-state index in [0.29, 0.717) is 25.0 Å². The van der Waals surface area contributed by atoms with E-state index in [9.17, 15) is 8.78 Å².